The van der Waals surface area contributed by atoms with Gasteiger partial charge in [-0.1, -0.05) is 13.8 Å². The van der Waals surface area contributed by atoms with Crippen molar-refractivity contribution in [3.05, 3.63) is 0 Å². The number of rotatable bonds is 6. The van der Waals surface area contributed by atoms with Crippen LogP contribution in [0, 0.1) is 5.92 Å². The number of nitrogens with one attached hydrogen (secondary N) is 2. The van der Waals surface area contributed by atoms with E-state index in [1.54, 1.807) is 7.05 Å². The molecule has 5 heteroatoms. The summed E-state index contributed by atoms with van der Waals surface area (Å²) in [4.78, 5) is 4.17. The highest BCUT2D eigenvalue weighted by molar-refractivity contribution is 14.0. The fourth-order valence-corrected chi connectivity index (χ4v) is 1.23. The molecule has 0 aliphatic rings. The number of hydrogen-bond donors (Lipinski definition) is 2. The highest BCUT2D eigenvalue weighted by atomic mass is 127. The van der Waals surface area contributed by atoms with E-state index in [1.165, 1.54) is 0 Å². The van der Waals surface area contributed by atoms with Crippen LogP contribution < -0.4 is 10.6 Å². The first kappa shape index (κ1) is 20.3. The average molecular weight is 371 g/mol. The van der Waals surface area contributed by atoms with Gasteiger partial charge in [0.2, 0.25) is 0 Å². The lowest BCUT2D eigenvalue weighted by molar-refractivity contribution is 0.108. The first-order valence-corrected chi connectivity index (χ1v) is 6.41. The fourth-order valence-electron chi connectivity index (χ4n) is 1.23. The Morgan fingerprint density at radius 1 is 1.28 bits per heavy atom. The van der Waals surface area contributed by atoms with Gasteiger partial charge >= 0.3 is 0 Å². The molecule has 0 aromatic rings. The van der Waals surface area contributed by atoms with E-state index in [0.717, 1.165) is 32.1 Å². The first-order valence-electron chi connectivity index (χ1n) is 6.41. The Kier molecular flexibility index (Phi) is 12.2. The largest absolute Gasteiger partial charge is 0.381 e. The maximum Gasteiger partial charge on any atom is 0.191 e. The van der Waals surface area contributed by atoms with Gasteiger partial charge in [0.25, 0.3) is 0 Å². The maximum atomic E-state index is 5.51. The smallest absolute Gasteiger partial charge is 0.191 e. The summed E-state index contributed by atoms with van der Waals surface area (Å²) in [6.45, 7) is 13.2. The first-order chi connectivity index (χ1) is 7.85. The second-order valence-electron chi connectivity index (χ2n) is 5.70. The predicted octanol–water partition coefficient (Wildman–Crippen LogP) is 2.63. The van der Waals surface area contributed by atoms with Gasteiger partial charge in [-0.25, -0.2) is 0 Å². The van der Waals surface area contributed by atoms with E-state index in [-0.39, 0.29) is 29.5 Å². The molecule has 0 aromatic heterocycles. The minimum Gasteiger partial charge on any atom is -0.381 e. The molecule has 0 fully saturated rings. The fraction of sp³-hybridized carbons (Fsp3) is 0.923. The van der Waals surface area contributed by atoms with Gasteiger partial charge in [-0.3, -0.25) is 4.99 Å². The molecule has 0 amide bonds. The minimum absolute atomic E-state index is 0. The van der Waals surface area contributed by atoms with Gasteiger partial charge in [-0.05, 0) is 33.1 Å². The monoisotopic (exact) mass is 371 g/mol. The van der Waals surface area contributed by atoms with Crippen molar-refractivity contribution in [3.63, 3.8) is 0 Å². The Balaban J connectivity index is 0. The lowest BCUT2D eigenvalue weighted by Crippen LogP contribution is -2.47. The second kappa shape index (κ2) is 10.8. The molecule has 0 aliphatic heterocycles. The molecular weight excluding hydrogens is 341 g/mol. The zero-order chi connectivity index (χ0) is 13.3. The lowest BCUT2D eigenvalue weighted by Gasteiger charge is -2.23. The lowest BCUT2D eigenvalue weighted by atomic mass is 10.1. The summed E-state index contributed by atoms with van der Waals surface area (Å²) in [6, 6.07) is 0. The maximum absolute atomic E-state index is 5.51. The standard InChI is InChI=1S/C13H29N3O.HI/c1-11(2)10-17-9-7-8-15-12(14-6)16-13(3,4)5;/h11H,7-10H2,1-6H3,(H2,14,15,16);1H. The van der Waals surface area contributed by atoms with Crippen LogP contribution in [0.2, 0.25) is 0 Å². The SMILES string of the molecule is CN=C(NCCCOCC(C)C)NC(C)(C)C.I. The van der Waals surface area contributed by atoms with Gasteiger partial charge in [0.1, 0.15) is 0 Å². The molecule has 0 radical (unpaired) electrons. The van der Waals surface area contributed by atoms with Crippen LogP contribution in [-0.4, -0.2) is 38.3 Å². The zero-order valence-corrected chi connectivity index (χ0v) is 15.0. The molecule has 0 aliphatic carbocycles. The van der Waals surface area contributed by atoms with Gasteiger partial charge in [-0.15, -0.1) is 24.0 Å². The molecular formula is C13H30IN3O. The van der Waals surface area contributed by atoms with E-state index in [9.17, 15) is 0 Å². The number of guanidine groups is 1. The van der Waals surface area contributed by atoms with E-state index in [2.05, 4.69) is 50.2 Å². The van der Waals surface area contributed by atoms with Crippen molar-refractivity contribution in [2.24, 2.45) is 10.9 Å². The molecule has 0 saturated carbocycles. The number of nitrogens with zero attached hydrogens (tertiary/aromatic N) is 1. The summed E-state index contributed by atoms with van der Waals surface area (Å²) < 4.78 is 5.51. The number of halogens is 1. The van der Waals surface area contributed by atoms with Gasteiger partial charge < -0.3 is 15.4 Å². The Morgan fingerprint density at radius 2 is 1.89 bits per heavy atom. The van der Waals surface area contributed by atoms with Crippen LogP contribution >= 0.6 is 24.0 Å². The summed E-state index contributed by atoms with van der Waals surface area (Å²) in [5.41, 5.74) is 0.0377. The van der Waals surface area contributed by atoms with Crippen LogP contribution in [0.15, 0.2) is 4.99 Å². The van der Waals surface area contributed by atoms with Crippen LogP contribution in [0.25, 0.3) is 0 Å². The van der Waals surface area contributed by atoms with Gasteiger partial charge in [0, 0.05) is 32.3 Å². The molecule has 2 N–H and O–H groups in total. The quantitative estimate of drug-likeness (QED) is 0.327. The number of aliphatic imine (C=N–C) groups is 1. The van der Waals surface area contributed by atoms with Crippen molar-refractivity contribution in [3.8, 4) is 0 Å². The van der Waals surface area contributed by atoms with Crippen LogP contribution in [0.4, 0.5) is 0 Å². The van der Waals surface area contributed by atoms with Crippen molar-refractivity contribution in [2.75, 3.05) is 26.8 Å². The van der Waals surface area contributed by atoms with Crippen molar-refractivity contribution in [2.45, 2.75) is 46.6 Å². The Bertz CT molecular complexity index is 225. The van der Waals surface area contributed by atoms with E-state index in [1.807, 2.05) is 0 Å². The Hall–Kier alpha value is -0.0400. The van der Waals surface area contributed by atoms with Crippen LogP contribution in [0.1, 0.15) is 41.0 Å². The van der Waals surface area contributed by atoms with E-state index in [0.29, 0.717) is 5.92 Å². The summed E-state index contributed by atoms with van der Waals surface area (Å²) in [6.07, 6.45) is 0.998. The molecule has 0 rings (SSSR count). The molecule has 0 atom stereocenters. The number of hydrogen-bond acceptors (Lipinski definition) is 2. The molecule has 18 heavy (non-hydrogen) atoms. The topological polar surface area (TPSA) is 45.7 Å². The van der Waals surface area contributed by atoms with Crippen molar-refractivity contribution in [1.82, 2.24) is 10.6 Å². The summed E-state index contributed by atoms with van der Waals surface area (Å²) >= 11 is 0. The normalized spacial score (nSPS) is 12.3. The average Bonchev–Trinajstić information content (AvgIpc) is 2.19. The van der Waals surface area contributed by atoms with E-state index >= 15 is 0 Å². The molecule has 0 spiro atoms. The third kappa shape index (κ3) is 14.0. The molecule has 0 aromatic carbocycles. The molecule has 0 bridgehead atoms. The zero-order valence-electron chi connectivity index (χ0n) is 12.7. The van der Waals surface area contributed by atoms with Gasteiger partial charge in [-0.2, -0.15) is 0 Å². The van der Waals surface area contributed by atoms with Crippen molar-refractivity contribution in [1.29, 1.82) is 0 Å². The third-order valence-electron chi connectivity index (χ3n) is 1.93. The van der Waals surface area contributed by atoms with Gasteiger partial charge in [0.15, 0.2) is 5.96 Å². The van der Waals surface area contributed by atoms with Gasteiger partial charge in [0.05, 0.1) is 0 Å². The van der Waals surface area contributed by atoms with Crippen molar-refractivity contribution >= 4 is 29.9 Å². The summed E-state index contributed by atoms with van der Waals surface area (Å²) in [5.74, 6) is 1.46. The highest BCUT2D eigenvalue weighted by Crippen LogP contribution is 1.97. The highest BCUT2D eigenvalue weighted by Gasteiger charge is 2.10. The Labute approximate surface area is 129 Å². The molecule has 110 valence electrons. The molecule has 4 nitrogen and oxygen atoms in total. The molecule has 0 heterocycles. The minimum atomic E-state index is 0. The van der Waals surface area contributed by atoms with E-state index < -0.39 is 0 Å². The van der Waals surface area contributed by atoms with Crippen LogP contribution in [0.3, 0.4) is 0 Å². The van der Waals surface area contributed by atoms with E-state index in [4.69, 9.17) is 4.74 Å². The number of ether oxygens (including phenoxy) is 1. The van der Waals surface area contributed by atoms with Crippen LogP contribution in [-0.2, 0) is 4.74 Å². The van der Waals surface area contributed by atoms with Crippen LogP contribution in [0.5, 0.6) is 0 Å². The summed E-state index contributed by atoms with van der Waals surface area (Å²) in [7, 11) is 1.79. The summed E-state index contributed by atoms with van der Waals surface area (Å²) in [5, 5.41) is 6.59. The molecule has 0 saturated heterocycles. The second-order valence-corrected chi connectivity index (χ2v) is 5.70. The van der Waals surface area contributed by atoms with Crippen molar-refractivity contribution < 1.29 is 4.74 Å². The Morgan fingerprint density at radius 3 is 2.33 bits per heavy atom. The predicted molar refractivity (Wildman–Crippen MR) is 89.9 cm³/mol. The molecule has 0 unspecified atom stereocenters. The third-order valence-corrected chi connectivity index (χ3v) is 1.93.